The third-order valence-corrected chi connectivity index (χ3v) is 2.85. The van der Waals surface area contributed by atoms with Crippen LogP contribution >= 0.6 is 0 Å². The first-order valence-electron chi connectivity index (χ1n) is 6.69. The van der Waals surface area contributed by atoms with E-state index < -0.39 is 11.6 Å². The lowest BCUT2D eigenvalue weighted by molar-refractivity contribution is -0.158. The predicted octanol–water partition coefficient (Wildman–Crippen LogP) is 3.45. The highest BCUT2D eigenvalue weighted by Gasteiger charge is 2.23. The molecule has 0 aliphatic carbocycles. The molecule has 0 aliphatic heterocycles. The second-order valence-corrected chi connectivity index (χ2v) is 5.78. The summed E-state index contributed by atoms with van der Waals surface area (Å²) in [7, 11) is 0. The van der Waals surface area contributed by atoms with E-state index in [0.29, 0.717) is 0 Å². The third kappa shape index (κ3) is 3.47. The fourth-order valence-corrected chi connectivity index (χ4v) is 1.82. The van der Waals surface area contributed by atoms with E-state index in [1.165, 1.54) is 0 Å². The van der Waals surface area contributed by atoms with Crippen LogP contribution in [0.25, 0.3) is 11.1 Å². The van der Waals surface area contributed by atoms with E-state index in [2.05, 4.69) is 5.10 Å². The van der Waals surface area contributed by atoms with Crippen LogP contribution in [0.1, 0.15) is 33.7 Å². The van der Waals surface area contributed by atoms with E-state index in [1.807, 2.05) is 57.3 Å². The normalized spacial score (nSPS) is 13.0. The SMILES string of the molecule is CC(C(=O)OC(C)(C)C)n1cc(-c2ccccc2)cn1. The summed E-state index contributed by atoms with van der Waals surface area (Å²) in [6, 6.07) is 9.51. The maximum atomic E-state index is 12.0. The molecule has 0 aliphatic rings. The molecule has 4 heteroatoms. The van der Waals surface area contributed by atoms with E-state index in [-0.39, 0.29) is 5.97 Å². The molecular formula is C16H20N2O2. The Bertz CT molecular complexity index is 582. The van der Waals surface area contributed by atoms with Crippen molar-refractivity contribution in [1.29, 1.82) is 0 Å². The average Bonchev–Trinajstić information content (AvgIpc) is 2.86. The maximum Gasteiger partial charge on any atom is 0.331 e. The maximum absolute atomic E-state index is 12.0. The minimum atomic E-state index is -0.485. The first-order valence-corrected chi connectivity index (χ1v) is 6.69. The largest absolute Gasteiger partial charge is 0.458 e. The lowest BCUT2D eigenvalue weighted by atomic mass is 10.1. The van der Waals surface area contributed by atoms with Gasteiger partial charge in [0, 0.05) is 11.8 Å². The number of nitrogens with zero attached hydrogens (tertiary/aromatic N) is 2. The molecule has 106 valence electrons. The Balaban J connectivity index is 2.15. The minimum absolute atomic E-state index is 0.278. The Morgan fingerprint density at radius 3 is 2.45 bits per heavy atom. The van der Waals surface area contributed by atoms with Gasteiger partial charge in [-0.2, -0.15) is 5.10 Å². The molecule has 1 heterocycles. The summed E-state index contributed by atoms with van der Waals surface area (Å²) in [6.45, 7) is 7.36. The van der Waals surface area contributed by atoms with Crippen LogP contribution in [0.15, 0.2) is 42.7 Å². The van der Waals surface area contributed by atoms with Crippen LogP contribution in [0.2, 0.25) is 0 Å². The number of ether oxygens (including phenoxy) is 1. The molecule has 0 bridgehead atoms. The number of carbonyl (C=O) groups excluding carboxylic acids is 1. The summed E-state index contributed by atoms with van der Waals surface area (Å²) >= 11 is 0. The molecule has 0 amide bonds. The van der Waals surface area contributed by atoms with E-state index in [9.17, 15) is 4.79 Å². The molecule has 0 N–H and O–H groups in total. The van der Waals surface area contributed by atoms with Crippen molar-refractivity contribution in [2.24, 2.45) is 0 Å². The second-order valence-electron chi connectivity index (χ2n) is 5.78. The highest BCUT2D eigenvalue weighted by atomic mass is 16.6. The average molecular weight is 272 g/mol. The van der Waals surface area contributed by atoms with Crippen LogP contribution in [0.5, 0.6) is 0 Å². The summed E-state index contributed by atoms with van der Waals surface area (Å²) in [5.41, 5.74) is 1.58. The highest BCUT2D eigenvalue weighted by Crippen LogP contribution is 2.20. The third-order valence-electron chi connectivity index (χ3n) is 2.85. The molecule has 20 heavy (non-hydrogen) atoms. The summed E-state index contributed by atoms with van der Waals surface area (Å²) in [6.07, 6.45) is 3.63. The van der Waals surface area contributed by atoms with Gasteiger partial charge in [-0.25, -0.2) is 4.79 Å². The fourth-order valence-electron chi connectivity index (χ4n) is 1.82. The number of aromatic nitrogens is 2. The summed E-state index contributed by atoms with van der Waals surface area (Å²) in [5, 5.41) is 4.26. The van der Waals surface area contributed by atoms with Crippen molar-refractivity contribution in [3.05, 3.63) is 42.7 Å². The van der Waals surface area contributed by atoms with Gasteiger partial charge in [0.05, 0.1) is 6.20 Å². The lowest BCUT2D eigenvalue weighted by Crippen LogP contribution is -2.29. The van der Waals surface area contributed by atoms with Crippen molar-refractivity contribution in [2.75, 3.05) is 0 Å². The quantitative estimate of drug-likeness (QED) is 0.804. The molecule has 0 radical (unpaired) electrons. The first-order chi connectivity index (χ1) is 9.37. The Labute approximate surface area is 119 Å². The van der Waals surface area contributed by atoms with Crippen molar-refractivity contribution in [3.8, 4) is 11.1 Å². The number of hydrogen-bond acceptors (Lipinski definition) is 3. The van der Waals surface area contributed by atoms with E-state index >= 15 is 0 Å². The van der Waals surface area contributed by atoms with E-state index in [0.717, 1.165) is 11.1 Å². The molecule has 0 fully saturated rings. The van der Waals surface area contributed by atoms with Crippen molar-refractivity contribution in [3.63, 3.8) is 0 Å². The molecule has 4 nitrogen and oxygen atoms in total. The van der Waals surface area contributed by atoms with Crippen molar-refractivity contribution in [1.82, 2.24) is 9.78 Å². The van der Waals surface area contributed by atoms with Crippen LogP contribution in [-0.2, 0) is 9.53 Å². The van der Waals surface area contributed by atoms with Gasteiger partial charge in [0.15, 0.2) is 0 Å². The zero-order chi connectivity index (χ0) is 14.8. The van der Waals surface area contributed by atoms with Gasteiger partial charge in [-0.05, 0) is 33.3 Å². The second kappa shape index (κ2) is 5.49. The standard InChI is InChI=1S/C16H20N2O2/c1-12(15(19)20-16(2,3)4)18-11-14(10-17-18)13-8-6-5-7-9-13/h5-12H,1-4H3. The molecule has 1 aromatic carbocycles. The molecule has 1 atom stereocenters. The zero-order valence-electron chi connectivity index (χ0n) is 12.3. The Morgan fingerprint density at radius 1 is 1.20 bits per heavy atom. The number of benzene rings is 1. The predicted molar refractivity (Wildman–Crippen MR) is 78.2 cm³/mol. The molecule has 1 aromatic heterocycles. The van der Waals surface area contributed by atoms with Crippen LogP contribution < -0.4 is 0 Å². The van der Waals surface area contributed by atoms with Gasteiger partial charge in [0.2, 0.25) is 0 Å². The molecule has 1 unspecified atom stereocenters. The highest BCUT2D eigenvalue weighted by molar-refractivity contribution is 5.74. The molecular weight excluding hydrogens is 252 g/mol. The summed E-state index contributed by atoms with van der Waals surface area (Å²) in [5.74, 6) is -0.278. The van der Waals surface area contributed by atoms with Gasteiger partial charge in [0.25, 0.3) is 0 Å². The lowest BCUT2D eigenvalue weighted by Gasteiger charge is -2.22. The van der Waals surface area contributed by atoms with Gasteiger partial charge in [-0.15, -0.1) is 0 Å². The summed E-state index contributed by atoms with van der Waals surface area (Å²) < 4.78 is 7.00. The van der Waals surface area contributed by atoms with Crippen LogP contribution in [-0.4, -0.2) is 21.4 Å². The van der Waals surface area contributed by atoms with Crippen molar-refractivity contribution >= 4 is 5.97 Å². The molecule has 2 aromatic rings. The van der Waals surface area contributed by atoms with Gasteiger partial charge in [0.1, 0.15) is 11.6 Å². The Morgan fingerprint density at radius 2 is 1.85 bits per heavy atom. The summed E-state index contributed by atoms with van der Waals surface area (Å²) in [4.78, 5) is 12.0. The number of hydrogen-bond donors (Lipinski definition) is 0. The fraction of sp³-hybridized carbons (Fsp3) is 0.375. The molecule has 0 spiro atoms. The van der Waals surface area contributed by atoms with Gasteiger partial charge < -0.3 is 4.74 Å². The van der Waals surface area contributed by atoms with E-state index in [4.69, 9.17) is 4.74 Å². The van der Waals surface area contributed by atoms with E-state index in [1.54, 1.807) is 17.8 Å². The minimum Gasteiger partial charge on any atom is -0.458 e. The number of rotatable bonds is 3. The Hall–Kier alpha value is -2.10. The van der Waals surface area contributed by atoms with Crippen molar-refractivity contribution < 1.29 is 9.53 Å². The van der Waals surface area contributed by atoms with Crippen molar-refractivity contribution in [2.45, 2.75) is 39.3 Å². The monoisotopic (exact) mass is 272 g/mol. The Kier molecular flexibility index (Phi) is 3.93. The van der Waals surface area contributed by atoms with Crippen LogP contribution in [0, 0.1) is 0 Å². The van der Waals surface area contributed by atoms with Gasteiger partial charge in [-0.3, -0.25) is 4.68 Å². The van der Waals surface area contributed by atoms with Crippen LogP contribution in [0.3, 0.4) is 0 Å². The molecule has 0 saturated heterocycles. The number of esters is 1. The topological polar surface area (TPSA) is 44.1 Å². The zero-order valence-corrected chi connectivity index (χ0v) is 12.3. The van der Waals surface area contributed by atoms with Gasteiger partial charge >= 0.3 is 5.97 Å². The number of carbonyl (C=O) groups is 1. The smallest absolute Gasteiger partial charge is 0.331 e. The van der Waals surface area contributed by atoms with Crippen LogP contribution in [0.4, 0.5) is 0 Å². The van der Waals surface area contributed by atoms with Gasteiger partial charge in [-0.1, -0.05) is 30.3 Å². The molecule has 0 saturated carbocycles. The first kappa shape index (κ1) is 14.3. The molecule has 2 rings (SSSR count).